The maximum absolute atomic E-state index is 13.6. The number of likely N-dealkylation sites (tertiary alicyclic amines) is 1. The number of aliphatic hydroxyl groups is 1. The van der Waals surface area contributed by atoms with Crippen LogP contribution in [0.25, 0.3) is 0 Å². The number of piperidine rings is 1. The lowest BCUT2D eigenvalue weighted by atomic mass is 9.84. The van der Waals surface area contributed by atoms with E-state index in [-0.39, 0.29) is 23.1 Å². The van der Waals surface area contributed by atoms with Gasteiger partial charge in [0.25, 0.3) is 5.91 Å². The number of carbonyl (C=O) groups excluding carboxylic acids is 2. The van der Waals surface area contributed by atoms with Gasteiger partial charge in [0.1, 0.15) is 11.5 Å². The second kappa shape index (κ2) is 12.7. The summed E-state index contributed by atoms with van der Waals surface area (Å²) in [5.41, 5.74) is -1.49. The minimum Gasteiger partial charge on any atom is -0.457 e. The second-order valence-corrected chi connectivity index (χ2v) is 10.7. The van der Waals surface area contributed by atoms with E-state index in [2.05, 4.69) is 10.6 Å². The maximum Gasteiger partial charge on any atom is 0.416 e. The van der Waals surface area contributed by atoms with E-state index >= 15 is 0 Å². The molecule has 11 heteroatoms. The first-order valence-corrected chi connectivity index (χ1v) is 13.0. The van der Waals surface area contributed by atoms with Crippen molar-refractivity contribution in [2.75, 3.05) is 45.6 Å². The van der Waals surface area contributed by atoms with Crippen LogP contribution in [-0.4, -0.2) is 72.7 Å². The third-order valence-electron chi connectivity index (χ3n) is 6.45. The molecule has 3 amide bonds. The molecule has 8 nitrogen and oxygen atoms in total. The number of halogens is 3. The second-order valence-electron chi connectivity index (χ2n) is 10.7. The first-order valence-electron chi connectivity index (χ1n) is 13.0. The van der Waals surface area contributed by atoms with Crippen molar-refractivity contribution >= 4 is 17.6 Å². The van der Waals surface area contributed by atoms with Crippen LogP contribution in [-0.2, 0) is 6.18 Å². The summed E-state index contributed by atoms with van der Waals surface area (Å²) < 4.78 is 46.5. The van der Waals surface area contributed by atoms with Gasteiger partial charge in [0, 0.05) is 43.5 Å². The molecule has 0 spiro atoms. The van der Waals surface area contributed by atoms with Crippen LogP contribution in [0.5, 0.6) is 11.5 Å². The van der Waals surface area contributed by atoms with Gasteiger partial charge < -0.3 is 30.3 Å². The predicted molar refractivity (Wildman–Crippen MR) is 143 cm³/mol. The fourth-order valence-electron chi connectivity index (χ4n) is 4.49. The van der Waals surface area contributed by atoms with Crippen molar-refractivity contribution in [1.29, 1.82) is 0 Å². The molecule has 2 aromatic rings. The van der Waals surface area contributed by atoms with Gasteiger partial charge in [-0.25, -0.2) is 4.79 Å². The van der Waals surface area contributed by atoms with Crippen molar-refractivity contribution in [3.63, 3.8) is 0 Å². The average molecular weight is 551 g/mol. The largest absolute Gasteiger partial charge is 0.457 e. The van der Waals surface area contributed by atoms with Crippen LogP contribution in [0.2, 0.25) is 0 Å². The summed E-state index contributed by atoms with van der Waals surface area (Å²) in [6.07, 6.45) is -3.23. The molecule has 0 aromatic heterocycles. The van der Waals surface area contributed by atoms with E-state index in [9.17, 15) is 27.9 Å². The van der Waals surface area contributed by atoms with E-state index in [0.29, 0.717) is 56.9 Å². The minimum absolute atomic E-state index is 0.0651. The number of ether oxygens (including phenoxy) is 1. The summed E-state index contributed by atoms with van der Waals surface area (Å²) in [6, 6.07) is 8.50. The van der Waals surface area contributed by atoms with Gasteiger partial charge in [-0.3, -0.25) is 4.79 Å². The molecule has 1 heterocycles. The van der Waals surface area contributed by atoms with E-state index in [4.69, 9.17) is 4.74 Å². The SMILES string of the molecule is CC(C)CC1(O)CCN(C(=O)Nc2cc(Oc3ccc(C(=O)NCCN(C)C)cc3)cc(C(F)(F)F)c2)CC1. The van der Waals surface area contributed by atoms with E-state index in [1.54, 1.807) is 0 Å². The molecule has 0 atom stereocenters. The van der Waals surface area contributed by atoms with Crippen LogP contribution in [0, 0.1) is 5.92 Å². The number of rotatable bonds is 9. The van der Waals surface area contributed by atoms with Crippen molar-refractivity contribution < 1.29 is 32.6 Å². The zero-order valence-corrected chi connectivity index (χ0v) is 22.8. The number of nitrogens with one attached hydrogen (secondary N) is 2. The number of carbonyl (C=O) groups is 2. The van der Waals surface area contributed by atoms with Gasteiger partial charge in [0.15, 0.2) is 0 Å². The molecule has 1 fully saturated rings. The van der Waals surface area contributed by atoms with Crippen LogP contribution < -0.4 is 15.4 Å². The van der Waals surface area contributed by atoms with Gasteiger partial charge in [-0.15, -0.1) is 0 Å². The zero-order chi connectivity index (χ0) is 28.8. The molecule has 1 saturated heterocycles. The topological polar surface area (TPSA) is 94.1 Å². The summed E-state index contributed by atoms with van der Waals surface area (Å²) >= 11 is 0. The van der Waals surface area contributed by atoms with Gasteiger partial charge in [0.05, 0.1) is 11.2 Å². The Bertz CT molecular complexity index is 1130. The normalized spacial score (nSPS) is 15.4. The highest BCUT2D eigenvalue weighted by Crippen LogP contribution is 2.36. The van der Waals surface area contributed by atoms with Gasteiger partial charge in [-0.1, -0.05) is 13.8 Å². The van der Waals surface area contributed by atoms with Gasteiger partial charge in [0.2, 0.25) is 0 Å². The monoisotopic (exact) mass is 550 g/mol. The van der Waals surface area contributed by atoms with Crippen LogP contribution in [0.15, 0.2) is 42.5 Å². The van der Waals surface area contributed by atoms with E-state index in [1.807, 2.05) is 32.8 Å². The summed E-state index contributed by atoms with van der Waals surface area (Å²) in [4.78, 5) is 28.5. The summed E-state index contributed by atoms with van der Waals surface area (Å²) in [5, 5.41) is 16.0. The van der Waals surface area contributed by atoms with Crippen molar-refractivity contribution in [3.8, 4) is 11.5 Å². The number of benzene rings is 2. The van der Waals surface area contributed by atoms with Crippen molar-refractivity contribution in [2.45, 2.75) is 44.9 Å². The lowest BCUT2D eigenvalue weighted by Crippen LogP contribution is -2.48. The van der Waals surface area contributed by atoms with Crippen molar-refractivity contribution in [1.82, 2.24) is 15.1 Å². The van der Waals surface area contributed by atoms with Crippen LogP contribution in [0.3, 0.4) is 0 Å². The molecule has 1 aliphatic heterocycles. The maximum atomic E-state index is 13.6. The Morgan fingerprint density at radius 1 is 1.08 bits per heavy atom. The first-order chi connectivity index (χ1) is 18.2. The fraction of sp³-hybridized carbons (Fsp3) is 0.500. The Hall–Kier alpha value is -3.31. The molecular formula is C28H37F3N4O4. The molecule has 0 radical (unpaired) electrons. The first kappa shape index (κ1) is 30.2. The molecule has 0 bridgehead atoms. The lowest BCUT2D eigenvalue weighted by molar-refractivity contribution is -0.137. The highest BCUT2D eigenvalue weighted by atomic mass is 19.4. The highest BCUT2D eigenvalue weighted by molar-refractivity contribution is 5.94. The molecule has 214 valence electrons. The standard InChI is InChI=1S/C28H37F3N4O4/c1-19(2)18-27(38)9-12-35(13-10-27)26(37)33-22-15-21(28(29,30)31)16-24(17-22)39-23-7-5-20(6-8-23)25(36)32-11-14-34(3)4/h5-8,15-17,19,38H,9-14,18H2,1-4H3,(H,32,36)(H,33,37). The lowest BCUT2D eigenvalue weighted by Gasteiger charge is -2.39. The smallest absolute Gasteiger partial charge is 0.416 e. The highest BCUT2D eigenvalue weighted by Gasteiger charge is 2.35. The molecule has 1 aliphatic rings. The molecule has 0 saturated carbocycles. The third kappa shape index (κ3) is 9.14. The Balaban J connectivity index is 1.69. The van der Waals surface area contributed by atoms with E-state index in [1.165, 1.54) is 35.2 Å². The van der Waals surface area contributed by atoms with Crippen LogP contribution >= 0.6 is 0 Å². The van der Waals surface area contributed by atoms with Crippen LogP contribution in [0.1, 0.15) is 49.0 Å². The van der Waals surface area contributed by atoms with Crippen LogP contribution in [0.4, 0.5) is 23.7 Å². The predicted octanol–water partition coefficient (Wildman–Crippen LogP) is 5.19. The number of hydrogen-bond donors (Lipinski definition) is 3. The number of likely N-dealkylation sites (N-methyl/N-ethyl adjacent to an activating group) is 1. The molecule has 3 rings (SSSR count). The molecule has 3 N–H and O–H groups in total. The van der Waals surface area contributed by atoms with Gasteiger partial charge >= 0.3 is 12.2 Å². The number of hydrogen-bond acceptors (Lipinski definition) is 5. The Morgan fingerprint density at radius 3 is 2.28 bits per heavy atom. The van der Waals surface area contributed by atoms with Crippen molar-refractivity contribution in [3.05, 3.63) is 53.6 Å². The van der Waals surface area contributed by atoms with Crippen molar-refractivity contribution in [2.24, 2.45) is 5.92 Å². The summed E-state index contributed by atoms with van der Waals surface area (Å²) in [5.74, 6) is 0.151. The Labute approximate surface area is 227 Å². The fourth-order valence-corrected chi connectivity index (χ4v) is 4.49. The number of urea groups is 1. The summed E-state index contributed by atoms with van der Waals surface area (Å²) in [7, 11) is 3.79. The molecule has 39 heavy (non-hydrogen) atoms. The van der Waals surface area contributed by atoms with E-state index in [0.717, 1.165) is 12.1 Å². The average Bonchev–Trinajstić information content (AvgIpc) is 2.83. The molecule has 0 aliphatic carbocycles. The Morgan fingerprint density at radius 2 is 1.72 bits per heavy atom. The third-order valence-corrected chi connectivity index (χ3v) is 6.45. The number of anilines is 1. The summed E-state index contributed by atoms with van der Waals surface area (Å²) in [6.45, 7) is 5.78. The quantitative estimate of drug-likeness (QED) is 0.399. The van der Waals surface area contributed by atoms with Gasteiger partial charge in [-0.2, -0.15) is 13.2 Å². The number of alkyl halides is 3. The molecule has 2 aromatic carbocycles. The molecule has 0 unspecified atom stereocenters. The number of nitrogens with zero attached hydrogens (tertiary/aromatic N) is 2. The zero-order valence-electron chi connectivity index (χ0n) is 22.8. The molecular weight excluding hydrogens is 513 g/mol. The van der Waals surface area contributed by atoms with Gasteiger partial charge in [-0.05, 0) is 75.7 Å². The van der Waals surface area contributed by atoms with E-state index < -0.39 is 23.4 Å². The number of amides is 3. The minimum atomic E-state index is -4.66. The Kier molecular flexibility index (Phi) is 9.84.